The van der Waals surface area contributed by atoms with Gasteiger partial charge in [-0.1, -0.05) is 29.4 Å². The van der Waals surface area contributed by atoms with E-state index < -0.39 is 16.1 Å². The zero-order chi connectivity index (χ0) is 22.3. The van der Waals surface area contributed by atoms with E-state index in [9.17, 15) is 13.5 Å². The van der Waals surface area contributed by atoms with E-state index in [0.29, 0.717) is 37.4 Å². The molecular formula is C23H26N4O4S. The highest BCUT2D eigenvalue weighted by atomic mass is 32.2. The van der Waals surface area contributed by atoms with E-state index in [4.69, 9.17) is 4.52 Å². The van der Waals surface area contributed by atoms with Crippen molar-refractivity contribution in [3.05, 3.63) is 53.8 Å². The molecule has 2 aromatic heterocycles. The number of hydrogen-bond donors (Lipinski definition) is 1. The molecule has 1 saturated heterocycles. The molecule has 1 aromatic carbocycles. The van der Waals surface area contributed by atoms with Gasteiger partial charge < -0.3 is 14.2 Å². The van der Waals surface area contributed by atoms with E-state index in [1.165, 1.54) is 15.4 Å². The van der Waals surface area contributed by atoms with Gasteiger partial charge in [0.2, 0.25) is 10.0 Å². The van der Waals surface area contributed by atoms with Crippen LogP contribution in [0.5, 0.6) is 0 Å². The SMILES string of the molecule is Cc1noc(C)c1S(=O)(=O)N1CCC2(CC1)C[C@@H](C1c3ccccc3-c3cncn31)[C@H]2O. The fourth-order valence-electron chi connectivity index (χ4n) is 6.23. The van der Waals surface area contributed by atoms with Gasteiger partial charge in [-0.3, -0.25) is 0 Å². The van der Waals surface area contributed by atoms with E-state index in [1.807, 2.05) is 24.7 Å². The zero-order valence-electron chi connectivity index (χ0n) is 18.1. The van der Waals surface area contributed by atoms with Crippen molar-refractivity contribution in [2.24, 2.45) is 11.3 Å². The minimum atomic E-state index is -3.65. The lowest BCUT2D eigenvalue weighted by molar-refractivity contribution is -0.152. The number of fused-ring (bicyclic) bond motifs is 3. The van der Waals surface area contributed by atoms with Crippen molar-refractivity contribution in [1.82, 2.24) is 19.0 Å². The summed E-state index contributed by atoms with van der Waals surface area (Å²) >= 11 is 0. The van der Waals surface area contributed by atoms with E-state index in [0.717, 1.165) is 12.1 Å². The molecule has 0 bridgehead atoms. The summed E-state index contributed by atoms with van der Waals surface area (Å²) < 4.78 is 35.1. The highest BCUT2D eigenvalue weighted by molar-refractivity contribution is 7.89. The summed E-state index contributed by atoms with van der Waals surface area (Å²) in [4.78, 5) is 4.51. The molecule has 8 nitrogen and oxygen atoms in total. The Morgan fingerprint density at radius 2 is 1.94 bits per heavy atom. The van der Waals surface area contributed by atoms with Crippen LogP contribution in [0.25, 0.3) is 11.3 Å². The molecule has 4 heterocycles. The number of sulfonamides is 1. The highest BCUT2D eigenvalue weighted by Crippen LogP contribution is 2.59. The Kier molecular flexibility index (Phi) is 4.25. The van der Waals surface area contributed by atoms with Gasteiger partial charge in [-0.15, -0.1) is 0 Å². The van der Waals surface area contributed by atoms with Crippen molar-refractivity contribution >= 4 is 10.0 Å². The molecule has 6 rings (SSSR count). The molecule has 1 spiro atoms. The molecule has 32 heavy (non-hydrogen) atoms. The van der Waals surface area contributed by atoms with Crippen molar-refractivity contribution in [2.45, 2.75) is 50.2 Å². The van der Waals surface area contributed by atoms with Crippen LogP contribution in [0.2, 0.25) is 0 Å². The van der Waals surface area contributed by atoms with E-state index in [1.54, 1.807) is 13.8 Å². The van der Waals surface area contributed by atoms with Gasteiger partial charge in [0.25, 0.3) is 0 Å². The lowest BCUT2D eigenvalue weighted by Gasteiger charge is -2.57. The lowest BCUT2D eigenvalue weighted by atomic mass is 9.53. The molecule has 3 aromatic rings. The van der Waals surface area contributed by atoms with Gasteiger partial charge in [-0.2, -0.15) is 4.31 Å². The number of rotatable bonds is 3. The Balaban J connectivity index is 1.21. The number of hydrogen-bond acceptors (Lipinski definition) is 6. The predicted molar refractivity (Wildman–Crippen MR) is 116 cm³/mol. The molecule has 0 amide bonds. The van der Waals surface area contributed by atoms with Crippen LogP contribution < -0.4 is 0 Å². The first-order chi connectivity index (χ1) is 15.3. The summed E-state index contributed by atoms with van der Waals surface area (Å²) in [6.07, 6.45) is 5.45. The van der Waals surface area contributed by atoms with Gasteiger partial charge in [0.1, 0.15) is 10.6 Å². The van der Waals surface area contributed by atoms with Gasteiger partial charge >= 0.3 is 0 Å². The summed E-state index contributed by atoms with van der Waals surface area (Å²) in [7, 11) is -3.65. The molecule has 1 aliphatic carbocycles. The lowest BCUT2D eigenvalue weighted by Crippen LogP contribution is -2.59. The second-order valence-corrected chi connectivity index (χ2v) is 11.3. The Hall–Kier alpha value is -2.49. The molecule has 3 aliphatic rings. The molecule has 0 radical (unpaired) electrons. The molecule has 1 N–H and O–H groups in total. The van der Waals surface area contributed by atoms with Crippen molar-refractivity contribution in [1.29, 1.82) is 0 Å². The molecule has 1 saturated carbocycles. The van der Waals surface area contributed by atoms with Gasteiger partial charge in [0.05, 0.1) is 30.4 Å². The summed E-state index contributed by atoms with van der Waals surface area (Å²) in [5.41, 5.74) is 3.68. The van der Waals surface area contributed by atoms with Crippen molar-refractivity contribution < 1.29 is 18.0 Å². The van der Waals surface area contributed by atoms with Crippen LogP contribution in [0.15, 0.2) is 46.2 Å². The van der Waals surface area contributed by atoms with Crippen LogP contribution in [-0.4, -0.2) is 51.7 Å². The normalized spacial score (nSPS) is 26.7. The maximum absolute atomic E-state index is 13.2. The second kappa shape index (κ2) is 6.76. The van der Waals surface area contributed by atoms with Crippen molar-refractivity contribution in [3.63, 3.8) is 0 Å². The molecule has 1 unspecified atom stereocenters. The van der Waals surface area contributed by atoms with Crippen LogP contribution in [0.1, 0.15) is 42.3 Å². The molecule has 2 aliphatic heterocycles. The smallest absolute Gasteiger partial charge is 0.248 e. The molecular weight excluding hydrogens is 428 g/mol. The van der Waals surface area contributed by atoms with E-state index >= 15 is 0 Å². The van der Waals surface area contributed by atoms with Crippen LogP contribution in [0.3, 0.4) is 0 Å². The van der Waals surface area contributed by atoms with Crippen LogP contribution in [0, 0.1) is 25.2 Å². The largest absolute Gasteiger partial charge is 0.392 e. The summed E-state index contributed by atoms with van der Waals surface area (Å²) in [6, 6.07) is 8.41. The number of benzene rings is 1. The number of piperidine rings is 1. The Morgan fingerprint density at radius 3 is 2.62 bits per heavy atom. The van der Waals surface area contributed by atoms with E-state index in [2.05, 4.69) is 26.8 Å². The quantitative estimate of drug-likeness (QED) is 0.653. The first-order valence-corrected chi connectivity index (χ1v) is 12.5. The third-order valence-corrected chi connectivity index (χ3v) is 10.0. The van der Waals surface area contributed by atoms with E-state index in [-0.39, 0.29) is 22.3 Å². The summed E-state index contributed by atoms with van der Waals surface area (Å²) in [6.45, 7) is 4.07. The minimum absolute atomic E-state index is 0.0772. The Labute approximate surface area is 186 Å². The number of aryl methyl sites for hydroxylation is 2. The monoisotopic (exact) mass is 454 g/mol. The average molecular weight is 455 g/mol. The van der Waals surface area contributed by atoms with Crippen LogP contribution in [0.4, 0.5) is 0 Å². The van der Waals surface area contributed by atoms with Gasteiger partial charge in [-0.25, -0.2) is 13.4 Å². The fourth-order valence-corrected chi connectivity index (χ4v) is 7.97. The summed E-state index contributed by atoms with van der Waals surface area (Å²) in [5.74, 6) is 0.417. The third kappa shape index (κ3) is 2.58. The van der Waals surface area contributed by atoms with Crippen molar-refractivity contribution in [2.75, 3.05) is 13.1 Å². The third-order valence-electron chi connectivity index (χ3n) is 7.89. The topological polar surface area (TPSA) is 101 Å². The number of aromatic nitrogens is 3. The molecule has 9 heteroatoms. The van der Waals surface area contributed by atoms with Crippen LogP contribution >= 0.6 is 0 Å². The maximum Gasteiger partial charge on any atom is 0.248 e. The number of imidazole rings is 1. The molecule has 168 valence electrons. The van der Waals surface area contributed by atoms with Crippen LogP contribution in [-0.2, 0) is 10.0 Å². The molecule has 3 atom stereocenters. The van der Waals surface area contributed by atoms with Gasteiger partial charge in [0, 0.05) is 24.6 Å². The second-order valence-electron chi connectivity index (χ2n) is 9.45. The maximum atomic E-state index is 13.2. The van der Waals surface area contributed by atoms with Gasteiger partial charge in [0.15, 0.2) is 5.76 Å². The first-order valence-electron chi connectivity index (χ1n) is 11.1. The number of aliphatic hydroxyl groups excluding tert-OH is 1. The molecule has 2 fully saturated rings. The Bertz CT molecular complexity index is 1280. The fraction of sp³-hybridized carbons (Fsp3) is 0.478. The van der Waals surface area contributed by atoms with Crippen molar-refractivity contribution in [3.8, 4) is 11.3 Å². The summed E-state index contributed by atoms with van der Waals surface area (Å²) in [5, 5.41) is 15.2. The zero-order valence-corrected chi connectivity index (χ0v) is 18.9. The first kappa shape index (κ1) is 20.1. The minimum Gasteiger partial charge on any atom is -0.392 e. The highest BCUT2D eigenvalue weighted by Gasteiger charge is 2.58. The predicted octanol–water partition coefficient (Wildman–Crippen LogP) is 2.91. The standard InChI is InChI=1S/C23H26N4O4S/c1-14-21(15(2)31-25-14)32(29,30)26-9-7-23(8-10-26)11-18(22(23)28)20-17-6-4-3-5-16(17)19-12-24-13-27(19)20/h3-6,12-13,18,20,22,28H,7-11H2,1-2H3/t18-,20?,22+/m0/s1. The number of aliphatic hydroxyl groups is 1. The number of nitrogens with zero attached hydrogens (tertiary/aromatic N) is 4. The Morgan fingerprint density at radius 1 is 1.19 bits per heavy atom. The van der Waals surface area contributed by atoms with Gasteiger partial charge in [-0.05, 0) is 44.1 Å². The average Bonchev–Trinajstić information content (AvgIpc) is 3.47.